The lowest BCUT2D eigenvalue weighted by Gasteiger charge is -2.29. The van der Waals surface area contributed by atoms with Crippen molar-refractivity contribution in [3.8, 4) is 17.3 Å². The van der Waals surface area contributed by atoms with Crippen molar-refractivity contribution in [3.63, 3.8) is 0 Å². The number of aromatic hydroxyl groups is 1. The maximum atomic E-state index is 12.6. The number of hydrogen-bond donors (Lipinski definition) is 2. The quantitative estimate of drug-likeness (QED) is 0.727. The van der Waals surface area contributed by atoms with Gasteiger partial charge in [0.05, 0.1) is 17.5 Å². The number of hydrogen-bond acceptors (Lipinski definition) is 5. The lowest BCUT2D eigenvalue weighted by Crippen LogP contribution is -2.35. The molecule has 0 bridgehead atoms. The van der Waals surface area contributed by atoms with Crippen LogP contribution in [0.25, 0.3) is 11.6 Å². The lowest BCUT2D eigenvalue weighted by molar-refractivity contribution is 0.238. The first-order valence-corrected chi connectivity index (χ1v) is 9.52. The highest BCUT2D eigenvalue weighted by atomic mass is 16.3. The number of nitrogens with zero attached hydrogens (tertiary/aromatic N) is 2. The summed E-state index contributed by atoms with van der Waals surface area (Å²) >= 11 is 0. The van der Waals surface area contributed by atoms with Gasteiger partial charge in [-0.3, -0.25) is 9.69 Å². The minimum atomic E-state index is -0.131. The van der Waals surface area contributed by atoms with E-state index in [1.165, 1.54) is 0 Å². The molecule has 4 rings (SSSR count). The van der Waals surface area contributed by atoms with Gasteiger partial charge >= 0.3 is 0 Å². The van der Waals surface area contributed by atoms with Gasteiger partial charge in [0.25, 0.3) is 5.56 Å². The van der Waals surface area contributed by atoms with Crippen molar-refractivity contribution in [3.05, 3.63) is 69.3 Å². The van der Waals surface area contributed by atoms with E-state index in [0.29, 0.717) is 42.4 Å². The summed E-state index contributed by atoms with van der Waals surface area (Å²) in [6.07, 6.45) is 2.25. The van der Waals surface area contributed by atoms with Crippen LogP contribution >= 0.6 is 0 Å². The molecular weight excluding hydrogens is 354 g/mol. The van der Waals surface area contributed by atoms with Crippen LogP contribution in [0.5, 0.6) is 5.75 Å². The Morgan fingerprint density at radius 1 is 1.25 bits per heavy atom. The molecule has 146 valence electrons. The van der Waals surface area contributed by atoms with Crippen molar-refractivity contribution >= 4 is 0 Å². The van der Waals surface area contributed by atoms with E-state index >= 15 is 0 Å². The second-order valence-electron chi connectivity index (χ2n) is 8.34. The molecule has 0 saturated carbocycles. The molecule has 6 heteroatoms. The van der Waals surface area contributed by atoms with Crippen LogP contribution in [-0.4, -0.2) is 26.5 Å². The fourth-order valence-corrected chi connectivity index (χ4v) is 3.71. The molecule has 0 unspecified atom stereocenters. The minimum Gasteiger partial charge on any atom is -0.507 e. The molecule has 28 heavy (non-hydrogen) atoms. The number of aromatic amines is 1. The van der Waals surface area contributed by atoms with Crippen LogP contribution in [0, 0.1) is 0 Å². The molecule has 1 aliphatic heterocycles. The van der Waals surface area contributed by atoms with E-state index in [4.69, 9.17) is 4.42 Å². The van der Waals surface area contributed by atoms with Gasteiger partial charge in [0.15, 0.2) is 11.6 Å². The van der Waals surface area contributed by atoms with Gasteiger partial charge in [0.2, 0.25) is 0 Å². The maximum Gasteiger partial charge on any atom is 0.256 e. The normalized spacial score (nSPS) is 14.8. The standard InChI is InChI=1S/C22H25N3O3/c1-22(2,3)16-7-4-6-14(19(16)26)12-25-10-9-17-15(13-25)21(27)24-20(23-17)18-8-5-11-28-18/h4-8,11,26H,9-10,12-13H2,1-3H3,(H,23,24,27). The molecule has 2 aromatic heterocycles. The van der Waals surface area contributed by atoms with Crippen molar-refractivity contribution in [2.75, 3.05) is 6.54 Å². The number of aromatic nitrogens is 2. The lowest BCUT2D eigenvalue weighted by atomic mass is 9.85. The molecule has 1 aliphatic rings. The molecule has 3 aromatic rings. The highest BCUT2D eigenvalue weighted by molar-refractivity contribution is 5.47. The molecule has 2 N–H and O–H groups in total. The average Bonchev–Trinajstić information content (AvgIpc) is 3.17. The van der Waals surface area contributed by atoms with Crippen LogP contribution in [0.4, 0.5) is 0 Å². The second-order valence-corrected chi connectivity index (χ2v) is 8.34. The van der Waals surface area contributed by atoms with E-state index in [0.717, 1.165) is 23.4 Å². The van der Waals surface area contributed by atoms with E-state index in [1.54, 1.807) is 18.4 Å². The first kappa shape index (κ1) is 18.5. The zero-order chi connectivity index (χ0) is 19.9. The van der Waals surface area contributed by atoms with Gasteiger partial charge in [0.1, 0.15) is 5.75 Å². The monoisotopic (exact) mass is 379 g/mol. The SMILES string of the molecule is CC(C)(C)c1cccc(CN2CCc3nc(-c4ccco4)[nH]c(=O)c3C2)c1O. The van der Waals surface area contributed by atoms with Gasteiger partial charge in [-0.25, -0.2) is 4.98 Å². The summed E-state index contributed by atoms with van der Waals surface area (Å²) in [5.74, 6) is 1.38. The first-order chi connectivity index (χ1) is 13.3. The summed E-state index contributed by atoms with van der Waals surface area (Å²) in [6, 6.07) is 9.45. The van der Waals surface area contributed by atoms with E-state index in [9.17, 15) is 9.90 Å². The van der Waals surface area contributed by atoms with Gasteiger partial charge in [-0.05, 0) is 23.1 Å². The van der Waals surface area contributed by atoms with E-state index in [1.807, 2.05) is 18.2 Å². The molecular formula is C22H25N3O3. The summed E-state index contributed by atoms with van der Waals surface area (Å²) in [5.41, 5.74) is 3.07. The Labute approximate surface area is 163 Å². The van der Waals surface area contributed by atoms with Crippen LogP contribution in [0.2, 0.25) is 0 Å². The van der Waals surface area contributed by atoms with Crippen LogP contribution in [0.1, 0.15) is 43.2 Å². The Morgan fingerprint density at radius 2 is 2.07 bits per heavy atom. The predicted octanol–water partition coefficient (Wildman–Crippen LogP) is 3.59. The zero-order valence-electron chi connectivity index (χ0n) is 16.5. The van der Waals surface area contributed by atoms with E-state index in [-0.39, 0.29) is 11.0 Å². The number of phenolic OH excluding ortho intramolecular Hbond substituents is 1. The number of benzene rings is 1. The summed E-state index contributed by atoms with van der Waals surface area (Å²) in [6.45, 7) is 8.14. The molecule has 0 fully saturated rings. The highest BCUT2D eigenvalue weighted by Gasteiger charge is 2.24. The number of fused-ring (bicyclic) bond motifs is 1. The Bertz CT molecular complexity index is 1050. The number of para-hydroxylation sites is 1. The molecule has 0 spiro atoms. The van der Waals surface area contributed by atoms with Crippen molar-refractivity contribution in [1.29, 1.82) is 0 Å². The molecule has 0 radical (unpaired) electrons. The summed E-state index contributed by atoms with van der Waals surface area (Å²) in [4.78, 5) is 22.2. The molecule has 0 atom stereocenters. The van der Waals surface area contributed by atoms with Gasteiger partial charge in [0, 0.05) is 31.6 Å². The van der Waals surface area contributed by atoms with Gasteiger partial charge in [-0.15, -0.1) is 0 Å². The van der Waals surface area contributed by atoms with Crippen LogP contribution in [0.3, 0.4) is 0 Å². The highest BCUT2D eigenvalue weighted by Crippen LogP contribution is 2.34. The third-order valence-corrected chi connectivity index (χ3v) is 5.22. The average molecular weight is 379 g/mol. The van der Waals surface area contributed by atoms with Gasteiger partial charge < -0.3 is 14.5 Å². The Balaban J connectivity index is 1.58. The van der Waals surface area contributed by atoms with Crippen molar-refractivity contribution < 1.29 is 9.52 Å². The van der Waals surface area contributed by atoms with Crippen molar-refractivity contribution in [2.45, 2.75) is 45.7 Å². The number of nitrogens with one attached hydrogen (secondary N) is 1. The fraction of sp³-hybridized carbons (Fsp3) is 0.364. The third-order valence-electron chi connectivity index (χ3n) is 5.22. The van der Waals surface area contributed by atoms with E-state index < -0.39 is 0 Å². The maximum absolute atomic E-state index is 12.6. The van der Waals surface area contributed by atoms with Crippen LogP contribution in [-0.2, 0) is 24.9 Å². The molecule has 6 nitrogen and oxygen atoms in total. The first-order valence-electron chi connectivity index (χ1n) is 9.52. The zero-order valence-corrected chi connectivity index (χ0v) is 16.5. The molecule has 0 amide bonds. The molecule has 0 aliphatic carbocycles. The predicted molar refractivity (Wildman–Crippen MR) is 107 cm³/mol. The topological polar surface area (TPSA) is 82.4 Å². The summed E-state index contributed by atoms with van der Waals surface area (Å²) in [5, 5.41) is 10.7. The second kappa shape index (κ2) is 6.95. The number of furan rings is 1. The van der Waals surface area contributed by atoms with Crippen molar-refractivity contribution in [1.82, 2.24) is 14.9 Å². The Hall–Kier alpha value is -2.86. The largest absolute Gasteiger partial charge is 0.507 e. The summed E-state index contributed by atoms with van der Waals surface area (Å²) in [7, 11) is 0. The minimum absolute atomic E-state index is 0.127. The van der Waals surface area contributed by atoms with Crippen molar-refractivity contribution in [2.24, 2.45) is 0 Å². The molecule has 0 saturated heterocycles. The number of phenols is 1. The summed E-state index contributed by atoms with van der Waals surface area (Å²) < 4.78 is 5.35. The van der Waals surface area contributed by atoms with E-state index in [2.05, 4.69) is 35.6 Å². The Morgan fingerprint density at radius 3 is 2.79 bits per heavy atom. The molecule has 3 heterocycles. The smallest absolute Gasteiger partial charge is 0.256 e. The number of rotatable bonds is 3. The fourth-order valence-electron chi connectivity index (χ4n) is 3.71. The van der Waals surface area contributed by atoms with Gasteiger partial charge in [-0.2, -0.15) is 0 Å². The Kier molecular flexibility index (Phi) is 4.59. The van der Waals surface area contributed by atoms with Crippen LogP contribution in [0.15, 0.2) is 45.8 Å². The number of H-pyrrole nitrogens is 1. The molecule has 1 aromatic carbocycles. The van der Waals surface area contributed by atoms with Crippen LogP contribution < -0.4 is 5.56 Å². The van der Waals surface area contributed by atoms with Gasteiger partial charge in [-0.1, -0.05) is 39.0 Å². The third kappa shape index (κ3) is 3.47.